The van der Waals surface area contributed by atoms with Crippen LogP contribution in [0.5, 0.6) is 0 Å². The molecule has 2 atom stereocenters. The van der Waals surface area contributed by atoms with Gasteiger partial charge in [-0.25, -0.2) is 8.42 Å². The molecule has 0 radical (unpaired) electrons. The second kappa shape index (κ2) is 7.38. The third kappa shape index (κ3) is 3.87. The van der Waals surface area contributed by atoms with Crippen LogP contribution in [0.4, 0.5) is 5.69 Å². The summed E-state index contributed by atoms with van der Waals surface area (Å²) in [4.78, 5) is 16.7. The number of ether oxygens (including phenoxy) is 1. The summed E-state index contributed by atoms with van der Waals surface area (Å²) >= 11 is 0. The van der Waals surface area contributed by atoms with Gasteiger partial charge in [-0.1, -0.05) is 6.07 Å². The number of nitrogens with zero attached hydrogens (tertiary/aromatic N) is 2. The van der Waals surface area contributed by atoms with Gasteiger partial charge in [-0.2, -0.15) is 4.31 Å². The Morgan fingerprint density at radius 1 is 1.15 bits per heavy atom. The second-order valence-corrected chi connectivity index (χ2v) is 8.70. The van der Waals surface area contributed by atoms with Crippen molar-refractivity contribution in [1.29, 1.82) is 0 Å². The number of carbonyl (C=O) groups is 1. The average Bonchev–Trinajstić information content (AvgIpc) is 3.51. The highest BCUT2D eigenvalue weighted by Gasteiger charge is 2.44. The summed E-state index contributed by atoms with van der Waals surface area (Å²) in [6, 6.07) is 10.2. The molecule has 1 aliphatic carbocycles. The molecule has 0 bridgehead atoms. The molecule has 1 saturated carbocycles. The Morgan fingerprint density at radius 3 is 2.56 bits per heavy atom. The largest absolute Gasteiger partial charge is 0.379 e. The van der Waals surface area contributed by atoms with E-state index in [9.17, 15) is 13.2 Å². The highest BCUT2D eigenvalue weighted by atomic mass is 32.2. The molecule has 142 valence electrons. The molecule has 2 fully saturated rings. The third-order valence-corrected chi connectivity index (χ3v) is 6.88. The van der Waals surface area contributed by atoms with Crippen LogP contribution in [0.25, 0.3) is 0 Å². The minimum absolute atomic E-state index is 0.0485. The van der Waals surface area contributed by atoms with Crippen LogP contribution in [-0.4, -0.2) is 49.9 Å². The molecule has 4 rings (SSSR count). The van der Waals surface area contributed by atoms with Crippen molar-refractivity contribution in [3.8, 4) is 0 Å². The maximum absolute atomic E-state index is 12.6. The summed E-state index contributed by atoms with van der Waals surface area (Å²) in [6.07, 6.45) is 4.32. The standard InChI is InChI=1S/C19H21N3O4S/c23-19(18-12-17(18)14-2-1-7-20-13-14)21-15-3-5-16(6-4-15)27(24,25)22-8-10-26-11-9-22/h1-7,13,17-18H,8-12H2,(H,21,23)/t17-,18+/m1/s1. The number of hydrogen-bond acceptors (Lipinski definition) is 5. The van der Waals surface area contributed by atoms with Crippen molar-refractivity contribution >= 4 is 21.6 Å². The number of amides is 1. The van der Waals surface area contributed by atoms with Crippen LogP contribution in [0.15, 0.2) is 53.7 Å². The molecule has 2 heterocycles. The molecule has 1 amide bonds. The number of morpholine rings is 1. The Bertz CT molecular complexity index is 910. The summed E-state index contributed by atoms with van der Waals surface area (Å²) in [5.74, 6) is 0.0956. The van der Waals surface area contributed by atoms with Gasteiger partial charge in [0, 0.05) is 37.1 Å². The van der Waals surface area contributed by atoms with E-state index < -0.39 is 10.0 Å². The number of anilines is 1. The Morgan fingerprint density at radius 2 is 1.89 bits per heavy atom. The lowest BCUT2D eigenvalue weighted by Crippen LogP contribution is -2.40. The van der Waals surface area contributed by atoms with Gasteiger partial charge in [0.1, 0.15) is 0 Å². The Labute approximate surface area is 158 Å². The molecular weight excluding hydrogens is 366 g/mol. The predicted octanol–water partition coefficient (Wildman–Crippen LogP) is 1.84. The third-order valence-electron chi connectivity index (χ3n) is 4.97. The topological polar surface area (TPSA) is 88.6 Å². The average molecular weight is 387 g/mol. The maximum atomic E-state index is 12.6. The molecule has 8 heteroatoms. The minimum atomic E-state index is -3.52. The van der Waals surface area contributed by atoms with Crippen molar-refractivity contribution in [2.24, 2.45) is 5.92 Å². The smallest absolute Gasteiger partial charge is 0.243 e. The van der Waals surface area contributed by atoms with Gasteiger partial charge in [0.05, 0.1) is 18.1 Å². The molecule has 2 aromatic rings. The molecule has 1 aliphatic heterocycles. The SMILES string of the molecule is O=C(Nc1ccc(S(=O)(=O)N2CCOCC2)cc1)[C@H]1C[C@@H]1c1cccnc1. The quantitative estimate of drug-likeness (QED) is 0.846. The molecule has 0 spiro atoms. The summed E-state index contributed by atoms with van der Waals surface area (Å²) in [5, 5.41) is 2.87. The lowest BCUT2D eigenvalue weighted by Gasteiger charge is -2.26. The van der Waals surface area contributed by atoms with Gasteiger partial charge in [0.2, 0.25) is 15.9 Å². The predicted molar refractivity (Wildman–Crippen MR) is 99.7 cm³/mol. The Kier molecular flexibility index (Phi) is 4.94. The molecule has 27 heavy (non-hydrogen) atoms. The number of aromatic nitrogens is 1. The fraction of sp³-hybridized carbons (Fsp3) is 0.368. The number of carbonyl (C=O) groups excluding carboxylic acids is 1. The fourth-order valence-electron chi connectivity index (χ4n) is 3.33. The maximum Gasteiger partial charge on any atom is 0.243 e. The van der Waals surface area contributed by atoms with Gasteiger partial charge >= 0.3 is 0 Å². The van der Waals surface area contributed by atoms with Crippen LogP contribution in [0.1, 0.15) is 17.9 Å². The van der Waals surface area contributed by atoms with E-state index >= 15 is 0 Å². The first-order valence-electron chi connectivity index (χ1n) is 8.94. The first-order valence-corrected chi connectivity index (χ1v) is 10.4. The summed E-state index contributed by atoms with van der Waals surface area (Å²) in [6.45, 7) is 1.54. The van der Waals surface area contributed by atoms with Gasteiger partial charge in [-0.05, 0) is 48.2 Å². The first-order chi connectivity index (χ1) is 13.1. The van der Waals surface area contributed by atoms with E-state index in [0.29, 0.717) is 32.0 Å². The summed E-state index contributed by atoms with van der Waals surface area (Å²) < 4.78 is 31.9. The van der Waals surface area contributed by atoms with Crippen molar-refractivity contribution < 1.29 is 17.9 Å². The zero-order chi connectivity index (χ0) is 18.9. The second-order valence-electron chi connectivity index (χ2n) is 6.77. The highest BCUT2D eigenvalue weighted by Crippen LogP contribution is 2.47. The number of hydrogen-bond donors (Lipinski definition) is 1. The molecule has 0 unspecified atom stereocenters. The Hall–Kier alpha value is -2.29. The van der Waals surface area contributed by atoms with E-state index in [1.807, 2.05) is 12.1 Å². The van der Waals surface area contributed by atoms with E-state index in [0.717, 1.165) is 12.0 Å². The number of sulfonamides is 1. The van der Waals surface area contributed by atoms with E-state index in [1.165, 1.54) is 16.4 Å². The zero-order valence-electron chi connectivity index (χ0n) is 14.7. The highest BCUT2D eigenvalue weighted by molar-refractivity contribution is 7.89. The normalized spacial score (nSPS) is 23.0. The molecule has 1 aromatic carbocycles. The van der Waals surface area contributed by atoms with Crippen molar-refractivity contribution in [2.75, 3.05) is 31.6 Å². The lowest BCUT2D eigenvalue weighted by molar-refractivity contribution is -0.117. The fourth-order valence-corrected chi connectivity index (χ4v) is 4.74. The zero-order valence-corrected chi connectivity index (χ0v) is 15.6. The summed E-state index contributed by atoms with van der Waals surface area (Å²) in [7, 11) is -3.52. The summed E-state index contributed by atoms with van der Waals surface area (Å²) in [5.41, 5.74) is 1.67. The molecule has 1 N–H and O–H groups in total. The van der Waals surface area contributed by atoms with Gasteiger partial charge in [0.25, 0.3) is 0 Å². The van der Waals surface area contributed by atoms with Crippen LogP contribution < -0.4 is 5.32 Å². The molecule has 1 aromatic heterocycles. The minimum Gasteiger partial charge on any atom is -0.379 e. The van der Waals surface area contributed by atoms with Crippen molar-refractivity contribution in [2.45, 2.75) is 17.2 Å². The van der Waals surface area contributed by atoms with E-state index in [-0.39, 0.29) is 22.6 Å². The number of benzene rings is 1. The van der Waals surface area contributed by atoms with Gasteiger partial charge in [-0.15, -0.1) is 0 Å². The van der Waals surface area contributed by atoms with Crippen LogP contribution in [0, 0.1) is 5.92 Å². The Balaban J connectivity index is 1.39. The van der Waals surface area contributed by atoms with E-state index in [2.05, 4.69) is 10.3 Å². The lowest BCUT2D eigenvalue weighted by atomic mass is 10.1. The van der Waals surface area contributed by atoms with E-state index in [4.69, 9.17) is 4.74 Å². The molecule has 7 nitrogen and oxygen atoms in total. The van der Waals surface area contributed by atoms with Crippen molar-refractivity contribution in [3.63, 3.8) is 0 Å². The number of nitrogens with one attached hydrogen (secondary N) is 1. The van der Waals surface area contributed by atoms with E-state index in [1.54, 1.807) is 24.5 Å². The van der Waals surface area contributed by atoms with Gasteiger partial charge < -0.3 is 10.1 Å². The molecular formula is C19H21N3O4S. The number of pyridine rings is 1. The van der Waals surface area contributed by atoms with Crippen LogP contribution in [0.2, 0.25) is 0 Å². The number of rotatable bonds is 5. The molecule has 2 aliphatic rings. The monoisotopic (exact) mass is 387 g/mol. The van der Waals surface area contributed by atoms with Crippen LogP contribution in [-0.2, 0) is 19.6 Å². The van der Waals surface area contributed by atoms with Gasteiger partial charge in [0.15, 0.2) is 0 Å². The van der Waals surface area contributed by atoms with Gasteiger partial charge in [-0.3, -0.25) is 9.78 Å². The molecule has 1 saturated heterocycles. The van der Waals surface area contributed by atoms with Crippen molar-refractivity contribution in [3.05, 3.63) is 54.4 Å². The first kappa shape index (κ1) is 18.1. The van der Waals surface area contributed by atoms with Crippen molar-refractivity contribution in [1.82, 2.24) is 9.29 Å². The van der Waals surface area contributed by atoms with Crippen LogP contribution >= 0.6 is 0 Å². The van der Waals surface area contributed by atoms with Crippen LogP contribution in [0.3, 0.4) is 0 Å².